The van der Waals surface area contributed by atoms with Gasteiger partial charge < -0.3 is 10.2 Å². The van der Waals surface area contributed by atoms with Crippen LogP contribution in [-0.4, -0.2) is 53.7 Å². The van der Waals surface area contributed by atoms with Gasteiger partial charge in [0.1, 0.15) is 0 Å². The topological polar surface area (TPSA) is 57.6 Å². The van der Waals surface area contributed by atoms with Gasteiger partial charge in [0.05, 0.1) is 29.9 Å². The first-order valence-electron chi connectivity index (χ1n) is 11.3. The van der Waals surface area contributed by atoms with E-state index in [-0.39, 0.29) is 11.8 Å². The minimum absolute atomic E-state index is 0.181. The number of benzene rings is 1. The second-order valence-corrected chi connectivity index (χ2v) is 8.91. The van der Waals surface area contributed by atoms with Crippen LogP contribution in [0.5, 0.6) is 0 Å². The fraction of sp³-hybridized carbons (Fsp3) is 0.480. The third kappa shape index (κ3) is 4.46. The molecule has 1 aromatic heterocycles. The number of amides is 1. The summed E-state index contributed by atoms with van der Waals surface area (Å²) in [6, 6.07) is 15.4. The van der Waals surface area contributed by atoms with Crippen molar-refractivity contribution in [1.82, 2.24) is 15.2 Å². The van der Waals surface area contributed by atoms with Gasteiger partial charge >= 0.3 is 0 Å². The van der Waals surface area contributed by atoms with Gasteiger partial charge in [-0.1, -0.05) is 30.3 Å². The largest absolute Gasteiger partial charge is 0.342 e. The predicted molar refractivity (Wildman–Crippen MR) is 119 cm³/mol. The van der Waals surface area contributed by atoms with Gasteiger partial charge in [0, 0.05) is 25.8 Å². The van der Waals surface area contributed by atoms with Gasteiger partial charge in [-0.3, -0.25) is 14.8 Å². The van der Waals surface area contributed by atoms with Crippen LogP contribution in [0, 0.1) is 5.92 Å². The number of carbonyl (C=O) groups is 1. The maximum absolute atomic E-state index is 12.7. The van der Waals surface area contributed by atoms with Gasteiger partial charge in [-0.15, -0.1) is 0 Å². The molecule has 2 aliphatic carbocycles. The highest BCUT2D eigenvalue weighted by atomic mass is 16.2. The first-order chi connectivity index (χ1) is 14.8. The summed E-state index contributed by atoms with van der Waals surface area (Å²) in [5.41, 5.74) is 4.84. The molecule has 5 heteroatoms. The van der Waals surface area contributed by atoms with Crippen molar-refractivity contribution in [2.75, 3.05) is 26.2 Å². The molecule has 30 heavy (non-hydrogen) atoms. The fourth-order valence-corrected chi connectivity index (χ4v) is 4.67. The van der Waals surface area contributed by atoms with E-state index in [1.54, 1.807) is 0 Å². The zero-order chi connectivity index (χ0) is 20.3. The highest BCUT2D eigenvalue weighted by molar-refractivity contribution is 6.08. The van der Waals surface area contributed by atoms with E-state index < -0.39 is 0 Å². The van der Waals surface area contributed by atoms with E-state index in [4.69, 9.17) is 4.99 Å². The van der Waals surface area contributed by atoms with Crippen molar-refractivity contribution >= 4 is 11.6 Å². The summed E-state index contributed by atoms with van der Waals surface area (Å²) in [4.78, 5) is 24.2. The molecule has 1 N–H and O–H groups in total. The molecule has 156 valence electrons. The molecule has 1 unspecified atom stereocenters. The lowest BCUT2D eigenvalue weighted by molar-refractivity contribution is -0.131. The Morgan fingerprint density at radius 2 is 1.90 bits per heavy atom. The molecule has 1 saturated carbocycles. The molecule has 3 aliphatic rings. The van der Waals surface area contributed by atoms with Crippen LogP contribution in [0.25, 0.3) is 0 Å². The van der Waals surface area contributed by atoms with Crippen molar-refractivity contribution in [3.63, 3.8) is 0 Å². The molecule has 5 nitrogen and oxygen atoms in total. The molecule has 1 atom stereocenters. The van der Waals surface area contributed by atoms with Crippen LogP contribution in [0.2, 0.25) is 0 Å². The van der Waals surface area contributed by atoms with E-state index in [2.05, 4.69) is 52.8 Å². The van der Waals surface area contributed by atoms with Crippen molar-refractivity contribution in [3.05, 3.63) is 65.5 Å². The smallest absolute Gasteiger partial charge is 0.236 e. The molecule has 1 amide bonds. The lowest BCUT2D eigenvalue weighted by atomic mass is 9.90. The van der Waals surface area contributed by atoms with E-state index in [1.807, 2.05) is 11.1 Å². The fourth-order valence-electron chi connectivity index (χ4n) is 4.67. The molecule has 1 saturated heterocycles. The number of nitrogens with zero attached hydrogens (tertiary/aromatic N) is 3. The first-order valence-corrected chi connectivity index (χ1v) is 11.3. The minimum Gasteiger partial charge on any atom is -0.342 e. The predicted octanol–water partition coefficient (Wildman–Crippen LogP) is 3.20. The van der Waals surface area contributed by atoms with Gasteiger partial charge in [0.15, 0.2) is 0 Å². The third-order valence-electron chi connectivity index (χ3n) is 6.59. The minimum atomic E-state index is 0.181. The summed E-state index contributed by atoms with van der Waals surface area (Å²) in [7, 11) is 0. The molecule has 0 spiro atoms. The van der Waals surface area contributed by atoms with Gasteiger partial charge in [0.2, 0.25) is 5.91 Å². The van der Waals surface area contributed by atoms with Crippen LogP contribution in [0.1, 0.15) is 48.4 Å². The maximum atomic E-state index is 12.7. The maximum Gasteiger partial charge on any atom is 0.236 e. The number of likely N-dealkylation sites (tertiary alicyclic amines) is 1. The number of hydrogen-bond acceptors (Lipinski definition) is 4. The second kappa shape index (κ2) is 8.68. The van der Waals surface area contributed by atoms with Gasteiger partial charge in [-0.25, -0.2) is 0 Å². The molecular formula is C25H30N4O. The summed E-state index contributed by atoms with van der Waals surface area (Å²) < 4.78 is 0. The number of aromatic nitrogens is 1. The van der Waals surface area contributed by atoms with Crippen LogP contribution in [0.4, 0.5) is 0 Å². The van der Waals surface area contributed by atoms with Gasteiger partial charge in [0.25, 0.3) is 0 Å². The molecule has 1 aliphatic heterocycles. The van der Waals surface area contributed by atoms with Crippen molar-refractivity contribution in [2.24, 2.45) is 10.9 Å². The Kier molecular flexibility index (Phi) is 5.63. The normalized spacial score (nSPS) is 22.6. The number of fused-ring (bicyclic) bond motifs is 2. The van der Waals surface area contributed by atoms with Crippen LogP contribution < -0.4 is 5.32 Å². The Morgan fingerprint density at radius 1 is 1.10 bits per heavy atom. The van der Waals surface area contributed by atoms with Crippen LogP contribution >= 0.6 is 0 Å². The Labute approximate surface area is 178 Å². The Hall–Kier alpha value is -2.53. The number of piperidine rings is 1. The molecular weight excluding hydrogens is 372 g/mol. The number of nitrogens with one attached hydrogen (secondary N) is 1. The average Bonchev–Trinajstić information content (AvgIpc) is 3.57. The number of hydrogen-bond donors (Lipinski definition) is 1. The van der Waals surface area contributed by atoms with Crippen LogP contribution in [0.3, 0.4) is 0 Å². The van der Waals surface area contributed by atoms with Gasteiger partial charge in [-0.2, -0.15) is 0 Å². The summed E-state index contributed by atoms with van der Waals surface area (Å²) in [5, 5.41) is 3.40. The summed E-state index contributed by atoms with van der Waals surface area (Å²) in [6.07, 6.45) is 7.58. The molecule has 2 fully saturated rings. The zero-order valence-electron chi connectivity index (χ0n) is 17.5. The molecule has 5 rings (SSSR count). The van der Waals surface area contributed by atoms with E-state index in [1.165, 1.54) is 24.0 Å². The summed E-state index contributed by atoms with van der Waals surface area (Å²) >= 11 is 0. The quantitative estimate of drug-likeness (QED) is 0.774. The van der Waals surface area contributed by atoms with Crippen LogP contribution in [0.15, 0.2) is 53.7 Å². The van der Waals surface area contributed by atoms with Crippen molar-refractivity contribution in [2.45, 2.75) is 44.1 Å². The Morgan fingerprint density at radius 3 is 2.67 bits per heavy atom. The molecule has 2 bridgehead atoms. The number of carbonyl (C=O) groups excluding carboxylic acids is 1. The monoisotopic (exact) mass is 402 g/mol. The first kappa shape index (κ1) is 19.4. The van der Waals surface area contributed by atoms with Gasteiger partial charge in [-0.05, 0) is 61.3 Å². The number of rotatable bonds is 7. The third-order valence-corrected chi connectivity index (χ3v) is 6.59. The lowest BCUT2D eigenvalue weighted by Crippen LogP contribution is -2.44. The summed E-state index contributed by atoms with van der Waals surface area (Å²) in [5.74, 6) is 1.08. The van der Waals surface area contributed by atoms with E-state index >= 15 is 0 Å². The number of pyridine rings is 1. The summed E-state index contributed by atoms with van der Waals surface area (Å²) in [6.45, 7) is 2.87. The molecule has 2 heterocycles. The van der Waals surface area contributed by atoms with Crippen molar-refractivity contribution < 1.29 is 4.79 Å². The SMILES string of the molecule is O=C(CNCC1C(=NC2CC2)c2ccnc1c2)N1CCC(Cc2ccccc2)CC1. The Bertz CT molecular complexity index is 914. The van der Waals surface area contributed by atoms with Crippen LogP contribution in [-0.2, 0) is 11.2 Å². The zero-order valence-corrected chi connectivity index (χ0v) is 17.5. The standard InChI is InChI=1S/C25H30N4O/c30-24(29-12-9-19(10-13-29)14-18-4-2-1-3-5-18)17-26-16-22-23-15-20(8-11-27-23)25(22)28-21-6-7-21/h1-5,8,11,15,19,21-22,26H,6-7,9-10,12-14,16-17H2. The highest BCUT2D eigenvalue weighted by Crippen LogP contribution is 2.32. The van der Waals surface area contributed by atoms with E-state index in [0.717, 1.165) is 50.3 Å². The molecule has 1 aromatic carbocycles. The molecule has 0 radical (unpaired) electrons. The lowest BCUT2D eigenvalue weighted by Gasteiger charge is -2.32. The second-order valence-electron chi connectivity index (χ2n) is 8.91. The van der Waals surface area contributed by atoms with E-state index in [0.29, 0.717) is 18.5 Å². The highest BCUT2D eigenvalue weighted by Gasteiger charge is 2.31. The van der Waals surface area contributed by atoms with Crippen molar-refractivity contribution in [3.8, 4) is 0 Å². The number of aliphatic imine (C=N–C) groups is 1. The van der Waals surface area contributed by atoms with Crippen molar-refractivity contribution in [1.29, 1.82) is 0 Å². The van der Waals surface area contributed by atoms with E-state index in [9.17, 15) is 4.79 Å². The Balaban J connectivity index is 1.09. The molecule has 2 aromatic rings. The average molecular weight is 403 g/mol.